The molecule has 0 bridgehead atoms. The number of rotatable bonds is 9. The topological polar surface area (TPSA) is 94.3 Å². The van der Waals surface area contributed by atoms with Gasteiger partial charge in [-0.3, -0.25) is 11.7 Å². The molecular weight excluding hydrogens is 218 g/mol. The normalized spacial score (nSPS) is 11.6. The van der Waals surface area contributed by atoms with Crippen LogP contribution in [0, 0.1) is 17.2 Å². The van der Waals surface area contributed by atoms with Crippen LogP contribution in [0.5, 0.6) is 0 Å². The number of hydrogen-bond acceptors (Lipinski definition) is 5. The second kappa shape index (κ2) is 15.3. The molecule has 0 aromatic carbocycles. The molecule has 102 valence electrons. The summed E-state index contributed by atoms with van der Waals surface area (Å²) in [6, 6.07) is 2.28. The lowest BCUT2D eigenvalue weighted by Crippen LogP contribution is -2.21. The van der Waals surface area contributed by atoms with Gasteiger partial charge in [0.2, 0.25) is 0 Å². The van der Waals surface area contributed by atoms with Crippen molar-refractivity contribution in [3.8, 4) is 6.07 Å². The molecule has 0 rings (SSSR count). The van der Waals surface area contributed by atoms with Crippen molar-refractivity contribution in [2.24, 2.45) is 17.6 Å². The fourth-order valence-electron chi connectivity index (χ4n) is 1.23. The third-order valence-electron chi connectivity index (χ3n) is 2.17. The molecule has 5 nitrogen and oxygen atoms in total. The van der Waals surface area contributed by atoms with E-state index in [4.69, 9.17) is 14.7 Å². The zero-order valence-electron chi connectivity index (χ0n) is 11.3. The largest absolute Gasteiger partial charge is 0.353 e. The molecule has 4 N–H and O–H groups in total. The highest BCUT2D eigenvalue weighted by Crippen LogP contribution is 2.14. The van der Waals surface area contributed by atoms with Crippen LogP contribution >= 0.6 is 0 Å². The van der Waals surface area contributed by atoms with Crippen LogP contribution in [0.1, 0.15) is 46.5 Å². The van der Waals surface area contributed by atoms with E-state index in [9.17, 15) is 0 Å². The number of hydrogen-bond donors (Lipinski definition) is 2. The van der Waals surface area contributed by atoms with Crippen LogP contribution in [-0.4, -0.2) is 19.5 Å². The second-order valence-electron chi connectivity index (χ2n) is 3.64. The Morgan fingerprint density at radius 1 is 1.06 bits per heavy atom. The smallest absolute Gasteiger partial charge is 0.158 e. The van der Waals surface area contributed by atoms with E-state index in [0.717, 1.165) is 19.3 Å². The molecule has 0 aromatic heterocycles. The van der Waals surface area contributed by atoms with Gasteiger partial charge in [-0.25, -0.2) is 0 Å². The Hall–Kier alpha value is -0.670. The van der Waals surface area contributed by atoms with E-state index in [0.29, 0.717) is 19.6 Å². The Balaban J connectivity index is 0. The van der Waals surface area contributed by atoms with E-state index < -0.39 is 0 Å². The highest BCUT2D eigenvalue weighted by molar-refractivity contribution is 4.82. The standard InChI is InChI=1S/C12H23NO2.H4N2/c1-4-7-14-12(15-8-5-2)9-11(6-3)10-13;1-2/h11-12H,4-9H2,1-3H3;1-2H2. The Morgan fingerprint density at radius 3 is 1.82 bits per heavy atom. The lowest BCUT2D eigenvalue weighted by atomic mass is 10.0. The van der Waals surface area contributed by atoms with Crippen LogP contribution in [0.3, 0.4) is 0 Å². The van der Waals surface area contributed by atoms with Gasteiger partial charge in [-0.05, 0) is 19.3 Å². The summed E-state index contributed by atoms with van der Waals surface area (Å²) in [6.07, 6.45) is 3.31. The first-order valence-corrected chi connectivity index (χ1v) is 6.24. The molecule has 0 saturated carbocycles. The molecule has 0 aliphatic carbocycles. The van der Waals surface area contributed by atoms with Gasteiger partial charge in [-0.1, -0.05) is 20.8 Å². The summed E-state index contributed by atoms with van der Waals surface area (Å²) in [5, 5.41) is 8.86. The summed E-state index contributed by atoms with van der Waals surface area (Å²) in [5.74, 6) is 8.05. The molecule has 1 atom stereocenters. The van der Waals surface area contributed by atoms with Gasteiger partial charge in [0, 0.05) is 19.6 Å². The quantitative estimate of drug-likeness (QED) is 0.367. The summed E-state index contributed by atoms with van der Waals surface area (Å²) in [6.45, 7) is 7.56. The van der Waals surface area contributed by atoms with Crippen molar-refractivity contribution in [1.29, 1.82) is 5.26 Å². The van der Waals surface area contributed by atoms with Crippen LogP contribution in [0.15, 0.2) is 0 Å². The highest BCUT2D eigenvalue weighted by Gasteiger charge is 2.15. The average molecular weight is 245 g/mol. The van der Waals surface area contributed by atoms with Gasteiger partial charge in [0.05, 0.1) is 12.0 Å². The molecule has 5 heteroatoms. The predicted molar refractivity (Wildman–Crippen MR) is 68.7 cm³/mol. The minimum Gasteiger partial charge on any atom is -0.353 e. The van der Waals surface area contributed by atoms with E-state index in [1.807, 2.05) is 6.92 Å². The lowest BCUT2D eigenvalue weighted by Gasteiger charge is -2.19. The maximum atomic E-state index is 8.86. The zero-order valence-corrected chi connectivity index (χ0v) is 11.3. The Bertz CT molecular complexity index is 175. The van der Waals surface area contributed by atoms with E-state index in [-0.39, 0.29) is 12.2 Å². The fraction of sp³-hybridized carbons (Fsp3) is 0.917. The molecule has 0 aromatic rings. The monoisotopic (exact) mass is 245 g/mol. The van der Waals surface area contributed by atoms with Gasteiger partial charge in [-0.15, -0.1) is 0 Å². The van der Waals surface area contributed by atoms with Crippen molar-refractivity contribution in [3.63, 3.8) is 0 Å². The first kappa shape index (κ1) is 18.7. The SMILES string of the molecule is CCCOC(CC(C#N)CC)OCCC.NN. The molecular formula is C12H27N3O2. The molecule has 17 heavy (non-hydrogen) atoms. The van der Waals surface area contributed by atoms with Crippen molar-refractivity contribution in [2.45, 2.75) is 52.7 Å². The van der Waals surface area contributed by atoms with Crippen LogP contribution in [0.25, 0.3) is 0 Å². The van der Waals surface area contributed by atoms with Crippen molar-refractivity contribution in [3.05, 3.63) is 0 Å². The minimum absolute atomic E-state index is 0.0451. The van der Waals surface area contributed by atoms with E-state index in [1.165, 1.54) is 0 Å². The summed E-state index contributed by atoms with van der Waals surface area (Å²) >= 11 is 0. The number of nitriles is 1. The highest BCUT2D eigenvalue weighted by atomic mass is 16.7. The van der Waals surface area contributed by atoms with Crippen molar-refractivity contribution < 1.29 is 9.47 Å². The molecule has 1 unspecified atom stereocenters. The first-order chi connectivity index (χ1) is 8.28. The Kier molecular flexibility index (Phi) is 16.9. The zero-order chi connectivity index (χ0) is 13.5. The van der Waals surface area contributed by atoms with Crippen LogP contribution in [0.2, 0.25) is 0 Å². The summed E-state index contributed by atoms with van der Waals surface area (Å²) < 4.78 is 11.1. The van der Waals surface area contributed by atoms with E-state index in [1.54, 1.807) is 0 Å². The van der Waals surface area contributed by atoms with Gasteiger partial charge in [0.25, 0.3) is 0 Å². The van der Waals surface area contributed by atoms with Crippen molar-refractivity contribution >= 4 is 0 Å². The van der Waals surface area contributed by atoms with E-state index in [2.05, 4.69) is 31.6 Å². The van der Waals surface area contributed by atoms with Gasteiger partial charge in [0.15, 0.2) is 6.29 Å². The average Bonchev–Trinajstić information content (AvgIpc) is 2.40. The number of nitrogens with two attached hydrogens (primary N) is 2. The third kappa shape index (κ3) is 11.6. The predicted octanol–water partition coefficient (Wildman–Crippen LogP) is 1.92. The van der Waals surface area contributed by atoms with Crippen LogP contribution < -0.4 is 11.7 Å². The van der Waals surface area contributed by atoms with Gasteiger partial charge in [0.1, 0.15) is 0 Å². The lowest BCUT2D eigenvalue weighted by molar-refractivity contribution is -0.149. The summed E-state index contributed by atoms with van der Waals surface area (Å²) in [4.78, 5) is 0. The van der Waals surface area contributed by atoms with Crippen LogP contribution in [-0.2, 0) is 9.47 Å². The molecule has 0 amide bonds. The molecule has 0 fully saturated rings. The van der Waals surface area contributed by atoms with Crippen molar-refractivity contribution in [1.82, 2.24) is 0 Å². The minimum atomic E-state index is -0.200. The van der Waals surface area contributed by atoms with Crippen LogP contribution in [0.4, 0.5) is 0 Å². The first-order valence-electron chi connectivity index (χ1n) is 6.24. The summed E-state index contributed by atoms with van der Waals surface area (Å²) in [7, 11) is 0. The maximum absolute atomic E-state index is 8.86. The molecule has 0 aliphatic rings. The Labute approximate surface area is 105 Å². The number of hydrazine groups is 1. The molecule has 0 aliphatic heterocycles. The fourth-order valence-corrected chi connectivity index (χ4v) is 1.23. The maximum Gasteiger partial charge on any atom is 0.158 e. The van der Waals surface area contributed by atoms with E-state index >= 15 is 0 Å². The summed E-state index contributed by atoms with van der Waals surface area (Å²) in [5.41, 5.74) is 0. The molecule has 0 radical (unpaired) electrons. The van der Waals surface area contributed by atoms with Gasteiger partial charge >= 0.3 is 0 Å². The van der Waals surface area contributed by atoms with Gasteiger partial charge in [-0.2, -0.15) is 5.26 Å². The molecule has 0 spiro atoms. The second-order valence-corrected chi connectivity index (χ2v) is 3.64. The van der Waals surface area contributed by atoms with Crippen molar-refractivity contribution in [2.75, 3.05) is 13.2 Å². The van der Waals surface area contributed by atoms with Gasteiger partial charge < -0.3 is 9.47 Å². The molecule has 0 saturated heterocycles. The number of ether oxygens (including phenoxy) is 2. The third-order valence-corrected chi connectivity index (χ3v) is 2.17. The Morgan fingerprint density at radius 2 is 1.53 bits per heavy atom. The number of nitrogens with zero attached hydrogens (tertiary/aromatic N) is 1. The molecule has 0 heterocycles.